The van der Waals surface area contributed by atoms with E-state index in [0.717, 1.165) is 56.8 Å². The fraction of sp³-hybridized carbons (Fsp3) is 0.943. The van der Waals surface area contributed by atoms with Crippen molar-refractivity contribution in [1.29, 1.82) is 0 Å². The summed E-state index contributed by atoms with van der Waals surface area (Å²) in [7, 11) is 0. The lowest BCUT2D eigenvalue weighted by Gasteiger charge is -2.11. The molecule has 0 bridgehead atoms. The minimum Gasteiger partial charge on any atom is -0.466 e. The van der Waals surface area contributed by atoms with Crippen molar-refractivity contribution in [2.24, 2.45) is 17.8 Å². The van der Waals surface area contributed by atoms with Crippen LogP contribution in [0.3, 0.4) is 0 Å². The number of rotatable bonds is 29. The molecule has 0 saturated heterocycles. The van der Waals surface area contributed by atoms with Crippen LogP contribution in [0.2, 0.25) is 0 Å². The highest BCUT2D eigenvalue weighted by Gasteiger charge is 2.13. The lowest BCUT2D eigenvalue weighted by atomic mass is 10.0. The average molecular weight is 553 g/mol. The van der Waals surface area contributed by atoms with Crippen LogP contribution in [-0.2, 0) is 19.1 Å². The third kappa shape index (κ3) is 29.7. The van der Waals surface area contributed by atoms with E-state index < -0.39 is 0 Å². The Morgan fingerprint density at radius 1 is 0.436 bits per heavy atom. The fourth-order valence-electron chi connectivity index (χ4n) is 5.02. The molecule has 1 atom stereocenters. The minimum atomic E-state index is -0.00544. The molecule has 0 spiro atoms. The molecular weight excluding hydrogens is 484 g/mol. The maximum atomic E-state index is 12.1. The number of ether oxygens (including phenoxy) is 2. The molecule has 39 heavy (non-hydrogen) atoms. The summed E-state index contributed by atoms with van der Waals surface area (Å²) in [5.41, 5.74) is 0. The van der Waals surface area contributed by atoms with Crippen molar-refractivity contribution < 1.29 is 19.1 Å². The number of carbonyl (C=O) groups excluding carboxylic acids is 2. The average Bonchev–Trinajstić information content (AvgIpc) is 2.89. The van der Waals surface area contributed by atoms with Gasteiger partial charge >= 0.3 is 11.9 Å². The van der Waals surface area contributed by atoms with Crippen LogP contribution in [0.1, 0.15) is 182 Å². The maximum Gasteiger partial charge on any atom is 0.308 e. The lowest BCUT2D eigenvalue weighted by Crippen LogP contribution is -2.15. The Balaban J connectivity index is 3.31. The second kappa shape index (κ2) is 28.5. The Morgan fingerprint density at radius 3 is 1.26 bits per heavy atom. The monoisotopic (exact) mass is 553 g/mol. The van der Waals surface area contributed by atoms with Crippen LogP contribution in [0.5, 0.6) is 0 Å². The molecule has 0 amide bonds. The van der Waals surface area contributed by atoms with Crippen molar-refractivity contribution >= 4 is 11.9 Å². The largest absolute Gasteiger partial charge is 0.466 e. The Morgan fingerprint density at radius 2 is 0.795 bits per heavy atom. The van der Waals surface area contributed by atoms with Crippen LogP contribution in [0, 0.1) is 17.8 Å². The highest BCUT2D eigenvalue weighted by atomic mass is 16.5. The first-order chi connectivity index (χ1) is 18.8. The van der Waals surface area contributed by atoms with Crippen molar-refractivity contribution in [3.63, 3.8) is 0 Å². The molecule has 0 aliphatic rings. The zero-order chi connectivity index (χ0) is 29.0. The van der Waals surface area contributed by atoms with Crippen LogP contribution in [0.15, 0.2) is 0 Å². The fourth-order valence-corrected chi connectivity index (χ4v) is 5.02. The molecule has 1 unspecified atom stereocenters. The summed E-state index contributed by atoms with van der Waals surface area (Å²) in [5.74, 6) is 1.58. The summed E-state index contributed by atoms with van der Waals surface area (Å²) in [6.07, 6.45) is 27.3. The first-order valence-corrected chi connectivity index (χ1v) is 17.1. The Labute approximate surface area is 244 Å². The molecule has 0 radical (unpaired) electrons. The van der Waals surface area contributed by atoms with Crippen LogP contribution in [0.4, 0.5) is 0 Å². The maximum absolute atomic E-state index is 12.1. The number of hydrogen-bond donors (Lipinski definition) is 0. The molecule has 0 aromatic rings. The van der Waals surface area contributed by atoms with Gasteiger partial charge in [-0.05, 0) is 37.5 Å². The van der Waals surface area contributed by atoms with E-state index in [2.05, 4.69) is 27.7 Å². The Hall–Kier alpha value is -1.06. The van der Waals surface area contributed by atoms with E-state index in [1.54, 1.807) is 0 Å². The molecule has 0 aromatic heterocycles. The van der Waals surface area contributed by atoms with Crippen LogP contribution >= 0.6 is 0 Å². The van der Waals surface area contributed by atoms with Crippen LogP contribution in [-0.4, -0.2) is 25.2 Å². The second-order valence-electron chi connectivity index (χ2n) is 12.9. The van der Waals surface area contributed by atoms with Gasteiger partial charge in [-0.15, -0.1) is 0 Å². The SMILES string of the molecule is CC(C)CCCCCOC(=O)CCCCCCCCCCCCCCCC(C)C(=O)OCCCCCC(C)C. The normalized spacial score (nSPS) is 12.3. The van der Waals surface area contributed by atoms with Crippen LogP contribution in [0.25, 0.3) is 0 Å². The Bertz CT molecular complexity index is 543. The van der Waals surface area contributed by atoms with E-state index in [1.165, 1.54) is 96.3 Å². The lowest BCUT2D eigenvalue weighted by molar-refractivity contribution is -0.148. The zero-order valence-corrected chi connectivity index (χ0v) is 27.0. The van der Waals surface area contributed by atoms with Crippen molar-refractivity contribution in [3.05, 3.63) is 0 Å². The van der Waals surface area contributed by atoms with Gasteiger partial charge in [0.05, 0.1) is 19.1 Å². The van der Waals surface area contributed by atoms with E-state index in [9.17, 15) is 9.59 Å². The first-order valence-electron chi connectivity index (χ1n) is 17.1. The molecule has 0 N–H and O–H groups in total. The number of carbonyl (C=O) groups is 2. The number of unbranched alkanes of at least 4 members (excludes halogenated alkanes) is 16. The quantitative estimate of drug-likeness (QED) is 0.0684. The van der Waals surface area contributed by atoms with E-state index in [0.29, 0.717) is 19.6 Å². The molecule has 232 valence electrons. The second-order valence-corrected chi connectivity index (χ2v) is 12.9. The van der Waals surface area contributed by atoms with Crippen LogP contribution < -0.4 is 0 Å². The third-order valence-electron chi connectivity index (χ3n) is 7.78. The summed E-state index contributed by atoms with van der Waals surface area (Å²) in [4.78, 5) is 23.9. The van der Waals surface area contributed by atoms with Gasteiger partial charge in [0.15, 0.2) is 0 Å². The predicted octanol–water partition coefficient (Wildman–Crippen LogP) is 11.0. The number of hydrogen-bond acceptors (Lipinski definition) is 4. The van der Waals surface area contributed by atoms with E-state index in [-0.39, 0.29) is 17.9 Å². The third-order valence-corrected chi connectivity index (χ3v) is 7.78. The highest BCUT2D eigenvalue weighted by molar-refractivity contribution is 5.71. The van der Waals surface area contributed by atoms with E-state index >= 15 is 0 Å². The molecule has 0 aliphatic heterocycles. The topological polar surface area (TPSA) is 52.6 Å². The highest BCUT2D eigenvalue weighted by Crippen LogP contribution is 2.16. The molecule has 4 nitrogen and oxygen atoms in total. The zero-order valence-electron chi connectivity index (χ0n) is 27.0. The van der Waals surface area contributed by atoms with Gasteiger partial charge in [0.25, 0.3) is 0 Å². The standard InChI is InChI=1S/C35H68O4/c1-31(2)25-19-17-23-29-38-34(36)28-22-16-14-12-10-8-6-7-9-11-13-15-21-27-33(5)35(37)39-30-24-18-20-26-32(3)4/h31-33H,6-30H2,1-5H3. The molecule has 0 rings (SSSR count). The van der Waals surface area contributed by atoms with E-state index in [1.807, 2.05) is 6.92 Å². The van der Waals surface area contributed by atoms with Gasteiger partial charge in [-0.1, -0.05) is 150 Å². The minimum absolute atomic E-state index is 0.000354. The molecule has 0 aromatic carbocycles. The van der Waals surface area contributed by atoms with Crippen molar-refractivity contribution in [3.8, 4) is 0 Å². The predicted molar refractivity (Wildman–Crippen MR) is 167 cm³/mol. The number of esters is 2. The molecule has 4 heteroatoms. The first kappa shape index (κ1) is 37.9. The van der Waals surface area contributed by atoms with Gasteiger partial charge in [0.1, 0.15) is 0 Å². The molecular formula is C35H68O4. The van der Waals surface area contributed by atoms with Gasteiger partial charge in [0, 0.05) is 6.42 Å². The van der Waals surface area contributed by atoms with Gasteiger partial charge < -0.3 is 9.47 Å². The van der Waals surface area contributed by atoms with Crippen molar-refractivity contribution in [1.82, 2.24) is 0 Å². The molecule has 0 heterocycles. The molecule has 0 aliphatic carbocycles. The summed E-state index contributed by atoms with van der Waals surface area (Å²) >= 11 is 0. The van der Waals surface area contributed by atoms with Gasteiger partial charge in [0.2, 0.25) is 0 Å². The smallest absolute Gasteiger partial charge is 0.308 e. The van der Waals surface area contributed by atoms with E-state index in [4.69, 9.17) is 9.47 Å². The summed E-state index contributed by atoms with van der Waals surface area (Å²) in [6, 6.07) is 0. The Kier molecular flexibility index (Phi) is 27.7. The van der Waals surface area contributed by atoms with Gasteiger partial charge in [-0.25, -0.2) is 0 Å². The van der Waals surface area contributed by atoms with Crippen molar-refractivity contribution in [2.45, 2.75) is 182 Å². The molecule has 0 fully saturated rings. The molecule has 0 saturated carbocycles. The van der Waals surface area contributed by atoms with Gasteiger partial charge in [-0.3, -0.25) is 9.59 Å². The van der Waals surface area contributed by atoms with Gasteiger partial charge in [-0.2, -0.15) is 0 Å². The summed E-state index contributed by atoms with van der Waals surface area (Å²) in [6.45, 7) is 12.2. The summed E-state index contributed by atoms with van der Waals surface area (Å²) < 4.78 is 10.8. The summed E-state index contributed by atoms with van der Waals surface area (Å²) in [5, 5.41) is 0. The van der Waals surface area contributed by atoms with Crippen molar-refractivity contribution in [2.75, 3.05) is 13.2 Å².